The molecule has 0 aromatic rings. The summed E-state index contributed by atoms with van der Waals surface area (Å²) in [5.74, 6) is 0. The summed E-state index contributed by atoms with van der Waals surface area (Å²) in [6.07, 6.45) is 0. The van der Waals surface area contributed by atoms with E-state index >= 15 is 0 Å². The Morgan fingerprint density at radius 2 is 1.88 bits per heavy atom. The quantitative estimate of drug-likeness (QED) is 0.666. The fourth-order valence-corrected chi connectivity index (χ4v) is 1.83. The van der Waals surface area contributed by atoms with Gasteiger partial charge in [0, 0.05) is 39.3 Å². The molecule has 1 rings (SSSR count). The van der Waals surface area contributed by atoms with Crippen LogP contribution in [0.3, 0.4) is 0 Å². The Labute approximate surface area is 99.3 Å². The first-order valence-electron chi connectivity index (χ1n) is 6.15. The van der Waals surface area contributed by atoms with E-state index in [1.54, 1.807) is 7.11 Å². The molecule has 4 heteroatoms. The molecule has 0 radical (unpaired) electrons. The van der Waals surface area contributed by atoms with Crippen LogP contribution in [0.1, 0.15) is 20.8 Å². The zero-order valence-electron chi connectivity index (χ0n) is 11.1. The topological polar surface area (TPSA) is 33.7 Å². The molecular weight excluding hydrogens is 204 g/mol. The van der Waals surface area contributed by atoms with E-state index in [4.69, 9.17) is 9.47 Å². The summed E-state index contributed by atoms with van der Waals surface area (Å²) in [5, 5.41) is 3.24. The van der Waals surface area contributed by atoms with Crippen molar-refractivity contribution in [2.75, 3.05) is 46.5 Å². The van der Waals surface area contributed by atoms with E-state index in [2.05, 4.69) is 31.0 Å². The van der Waals surface area contributed by atoms with Gasteiger partial charge in [0.05, 0.1) is 18.8 Å². The molecule has 1 heterocycles. The number of nitrogens with zero attached hydrogens (tertiary/aromatic N) is 1. The van der Waals surface area contributed by atoms with Gasteiger partial charge in [-0.1, -0.05) is 0 Å². The van der Waals surface area contributed by atoms with Crippen LogP contribution in [-0.4, -0.2) is 63.0 Å². The van der Waals surface area contributed by atoms with Crippen LogP contribution >= 0.6 is 0 Å². The Kier molecular flexibility index (Phi) is 5.69. The summed E-state index contributed by atoms with van der Waals surface area (Å²) >= 11 is 0. The van der Waals surface area contributed by atoms with E-state index in [-0.39, 0.29) is 5.60 Å². The molecule has 0 aromatic heterocycles. The van der Waals surface area contributed by atoms with E-state index in [1.165, 1.54) is 0 Å². The second-order valence-electron chi connectivity index (χ2n) is 5.02. The number of rotatable bonds is 8. The average molecular weight is 230 g/mol. The van der Waals surface area contributed by atoms with Crippen LogP contribution in [0.5, 0.6) is 0 Å². The molecule has 1 aliphatic rings. The molecule has 0 unspecified atom stereocenters. The number of nitrogens with one attached hydrogen (secondary N) is 1. The zero-order valence-corrected chi connectivity index (χ0v) is 11.1. The Balaban J connectivity index is 2.16. The van der Waals surface area contributed by atoms with Crippen LogP contribution in [-0.2, 0) is 9.47 Å². The number of hydrogen-bond acceptors (Lipinski definition) is 4. The maximum atomic E-state index is 5.88. The van der Waals surface area contributed by atoms with Gasteiger partial charge in [0.1, 0.15) is 0 Å². The third-order valence-electron chi connectivity index (χ3n) is 3.14. The van der Waals surface area contributed by atoms with Crippen molar-refractivity contribution in [2.24, 2.45) is 0 Å². The van der Waals surface area contributed by atoms with Crippen molar-refractivity contribution < 1.29 is 9.47 Å². The van der Waals surface area contributed by atoms with Gasteiger partial charge >= 0.3 is 0 Å². The number of hydrogen-bond donors (Lipinski definition) is 1. The van der Waals surface area contributed by atoms with Gasteiger partial charge in [-0.2, -0.15) is 0 Å². The Morgan fingerprint density at radius 3 is 2.31 bits per heavy atom. The molecule has 0 atom stereocenters. The fraction of sp³-hybridized carbons (Fsp3) is 1.00. The van der Waals surface area contributed by atoms with E-state index in [9.17, 15) is 0 Å². The maximum absolute atomic E-state index is 5.88. The SMILES string of the molecule is COCCN(CCOC1(C)CNC1)C(C)C. The first-order chi connectivity index (χ1) is 7.57. The van der Waals surface area contributed by atoms with Crippen molar-refractivity contribution >= 4 is 0 Å². The van der Waals surface area contributed by atoms with Crippen LogP contribution in [0.25, 0.3) is 0 Å². The van der Waals surface area contributed by atoms with Gasteiger partial charge in [0.15, 0.2) is 0 Å². The first-order valence-corrected chi connectivity index (χ1v) is 6.15. The lowest BCUT2D eigenvalue weighted by molar-refractivity contribution is -0.0745. The molecule has 0 saturated carbocycles. The summed E-state index contributed by atoms with van der Waals surface area (Å²) in [5.41, 5.74) is 0.0733. The molecule has 16 heavy (non-hydrogen) atoms. The second-order valence-corrected chi connectivity index (χ2v) is 5.02. The Bertz CT molecular complexity index is 193. The van der Waals surface area contributed by atoms with Crippen molar-refractivity contribution in [1.29, 1.82) is 0 Å². The highest BCUT2D eigenvalue weighted by Crippen LogP contribution is 2.14. The van der Waals surface area contributed by atoms with Gasteiger partial charge in [0.2, 0.25) is 0 Å². The van der Waals surface area contributed by atoms with Crippen molar-refractivity contribution in [3.8, 4) is 0 Å². The minimum absolute atomic E-state index is 0.0733. The van der Waals surface area contributed by atoms with Crippen LogP contribution in [0.4, 0.5) is 0 Å². The smallest absolute Gasteiger partial charge is 0.0902 e. The van der Waals surface area contributed by atoms with E-state index in [1.807, 2.05) is 0 Å². The van der Waals surface area contributed by atoms with Gasteiger partial charge in [-0.15, -0.1) is 0 Å². The Hall–Kier alpha value is -0.160. The molecular formula is C12H26N2O2. The molecule has 0 aromatic carbocycles. The summed E-state index contributed by atoms with van der Waals surface area (Å²) in [7, 11) is 1.75. The number of ether oxygens (including phenoxy) is 2. The zero-order chi connectivity index (χ0) is 12.0. The molecule has 0 bridgehead atoms. The lowest BCUT2D eigenvalue weighted by Gasteiger charge is -2.39. The van der Waals surface area contributed by atoms with Gasteiger partial charge in [-0.3, -0.25) is 4.90 Å². The molecule has 0 aliphatic carbocycles. The van der Waals surface area contributed by atoms with Gasteiger partial charge in [-0.05, 0) is 20.8 Å². The highest BCUT2D eigenvalue weighted by Gasteiger charge is 2.32. The first kappa shape index (κ1) is 13.9. The molecule has 4 nitrogen and oxygen atoms in total. The van der Waals surface area contributed by atoms with Crippen molar-refractivity contribution in [1.82, 2.24) is 10.2 Å². The van der Waals surface area contributed by atoms with Gasteiger partial charge < -0.3 is 14.8 Å². The standard InChI is InChI=1S/C12H26N2O2/c1-11(2)14(5-7-15-4)6-8-16-12(3)9-13-10-12/h11,13H,5-10H2,1-4H3. The molecule has 0 spiro atoms. The minimum atomic E-state index is 0.0733. The normalized spacial score (nSPS) is 19.1. The lowest BCUT2D eigenvalue weighted by atomic mass is 10.0. The largest absolute Gasteiger partial charge is 0.383 e. The van der Waals surface area contributed by atoms with E-state index < -0.39 is 0 Å². The predicted octanol–water partition coefficient (Wildman–Crippen LogP) is 0.722. The average Bonchev–Trinajstić information content (AvgIpc) is 2.20. The van der Waals surface area contributed by atoms with E-state index in [0.717, 1.165) is 39.4 Å². The summed E-state index contributed by atoms with van der Waals surface area (Å²) < 4.78 is 11.0. The van der Waals surface area contributed by atoms with Crippen molar-refractivity contribution in [3.63, 3.8) is 0 Å². The molecule has 1 saturated heterocycles. The highest BCUT2D eigenvalue weighted by atomic mass is 16.5. The second kappa shape index (κ2) is 6.55. The maximum Gasteiger partial charge on any atom is 0.0902 e. The van der Waals surface area contributed by atoms with Gasteiger partial charge in [0.25, 0.3) is 0 Å². The van der Waals surface area contributed by atoms with Crippen molar-refractivity contribution in [2.45, 2.75) is 32.4 Å². The predicted molar refractivity (Wildman–Crippen MR) is 65.8 cm³/mol. The summed E-state index contributed by atoms with van der Waals surface area (Å²) in [6.45, 7) is 12.1. The molecule has 96 valence electrons. The van der Waals surface area contributed by atoms with Crippen LogP contribution in [0.15, 0.2) is 0 Å². The van der Waals surface area contributed by atoms with Crippen LogP contribution in [0, 0.1) is 0 Å². The molecule has 1 N–H and O–H groups in total. The highest BCUT2D eigenvalue weighted by molar-refractivity contribution is 4.90. The minimum Gasteiger partial charge on any atom is -0.383 e. The van der Waals surface area contributed by atoms with Crippen LogP contribution < -0.4 is 5.32 Å². The number of methoxy groups -OCH3 is 1. The third-order valence-corrected chi connectivity index (χ3v) is 3.14. The monoisotopic (exact) mass is 230 g/mol. The van der Waals surface area contributed by atoms with E-state index in [0.29, 0.717) is 6.04 Å². The van der Waals surface area contributed by atoms with Gasteiger partial charge in [-0.25, -0.2) is 0 Å². The summed E-state index contributed by atoms with van der Waals surface area (Å²) in [4.78, 5) is 2.39. The summed E-state index contributed by atoms with van der Waals surface area (Å²) in [6, 6.07) is 0.547. The third kappa shape index (κ3) is 4.37. The molecule has 0 amide bonds. The molecule has 1 aliphatic heterocycles. The Morgan fingerprint density at radius 1 is 1.25 bits per heavy atom. The van der Waals surface area contributed by atoms with Crippen LogP contribution in [0.2, 0.25) is 0 Å². The van der Waals surface area contributed by atoms with Crippen molar-refractivity contribution in [3.05, 3.63) is 0 Å². The fourth-order valence-electron chi connectivity index (χ4n) is 1.83. The lowest BCUT2D eigenvalue weighted by Crippen LogP contribution is -2.59. The molecule has 1 fully saturated rings.